The van der Waals surface area contributed by atoms with Crippen LogP contribution in [0.4, 0.5) is 0 Å². The molecule has 2 unspecified atom stereocenters. The fourth-order valence-electron chi connectivity index (χ4n) is 3.23. The second-order valence-electron chi connectivity index (χ2n) is 9.23. The Labute approximate surface area is 179 Å². The number of carbonyl (C=O) groups excluding carboxylic acids is 3. The number of amides is 2. The standard InChI is InChI=1S/C20H38N4O6/c1-12(2)14(22-18(28)30-19(4,5)6)15(25)21-13(3)16(26)24-11-9-10-20(7,23-24)17(27)29-8/h12-14,18,22-23,28H,9-11H2,1-8H3,(H,21,25)/t13-,14-,18?,20?/m0/s1. The quantitative estimate of drug-likeness (QED) is 0.319. The lowest BCUT2D eigenvalue weighted by Gasteiger charge is -2.40. The fraction of sp³-hybridized carbons (Fsp3) is 0.850. The molecule has 10 heteroatoms. The summed E-state index contributed by atoms with van der Waals surface area (Å²) >= 11 is 0. The van der Waals surface area contributed by atoms with E-state index in [0.717, 1.165) is 0 Å². The smallest absolute Gasteiger partial charge is 0.327 e. The Morgan fingerprint density at radius 2 is 1.80 bits per heavy atom. The Balaban J connectivity index is 2.76. The molecule has 0 bridgehead atoms. The normalized spacial score (nSPS) is 22.9. The maximum atomic E-state index is 12.8. The third-order valence-corrected chi connectivity index (χ3v) is 4.81. The first-order valence-corrected chi connectivity index (χ1v) is 10.3. The van der Waals surface area contributed by atoms with Crippen LogP contribution in [0.2, 0.25) is 0 Å². The molecule has 0 spiro atoms. The van der Waals surface area contributed by atoms with Gasteiger partial charge in [0.2, 0.25) is 12.3 Å². The van der Waals surface area contributed by atoms with E-state index in [-0.39, 0.29) is 11.8 Å². The SMILES string of the molecule is COC(=O)C1(C)CCCN(C(=O)[C@H](C)NC(=O)[C@@H](NC(O)OC(C)(C)C)C(C)C)N1. The van der Waals surface area contributed by atoms with Gasteiger partial charge in [-0.25, -0.2) is 5.43 Å². The van der Waals surface area contributed by atoms with Crippen LogP contribution in [0.15, 0.2) is 0 Å². The van der Waals surface area contributed by atoms with Crippen molar-refractivity contribution < 1.29 is 29.0 Å². The number of ether oxygens (including phenoxy) is 2. The van der Waals surface area contributed by atoms with E-state index in [1.54, 1.807) is 34.6 Å². The first kappa shape index (κ1) is 26.3. The van der Waals surface area contributed by atoms with E-state index in [1.165, 1.54) is 12.1 Å². The molecule has 1 aliphatic heterocycles. The average Bonchev–Trinajstić information content (AvgIpc) is 2.62. The van der Waals surface area contributed by atoms with Gasteiger partial charge in [-0.15, -0.1) is 0 Å². The first-order valence-electron chi connectivity index (χ1n) is 10.3. The highest BCUT2D eigenvalue weighted by molar-refractivity contribution is 5.90. The zero-order valence-corrected chi connectivity index (χ0v) is 19.4. The number of aliphatic hydroxyl groups excluding tert-OH is 1. The molecule has 0 aromatic carbocycles. The van der Waals surface area contributed by atoms with Crippen molar-refractivity contribution in [1.29, 1.82) is 0 Å². The van der Waals surface area contributed by atoms with Gasteiger partial charge in [0.25, 0.3) is 5.91 Å². The monoisotopic (exact) mass is 430 g/mol. The third-order valence-electron chi connectivity index (χ3n) is 4.81. The molecule has 10 nitrogen and oxygen atoms in total. The number of nitrogens with one attached hydrogen (secondary N) is 3. The summed E-state index contributed by atoms with van der Waals surface area (Å²) in [5, 5.41) is 16.9. The van der Waals surface area contributed by atoms with E-state index >= 15 is 0 Å². The molecule has 2 amide bonds. The van der Waals surface area contributed by atoms with Crippen LogP contribution in [0.25, 0.3) is 0 Å². The van der Waals surface area contributed by atoms with E-state index in [2.05, 4.69) is 16.1 Å². The zero-order chi connectivity index (χ0) is 23.3. The van der Waals surface area contributed by atoms with Gasteiger partial charge in [-0.2, -0.15) is 0 Å². The molecular formula is C20H38N4O6. The number of nitrogens with zero attached hydrogens (tertiary/aromatic N) is 1. The molecule has 30 heavy (non-hydrogen) atoms. The molecule has 1 rings (SSSR count). The van der Waals surface area contributed by atoms with Crippen molar-refractivity contribution in [2.75, 3.05) is 13.7 Å². The van der Waals surface area contributed by atoms with Crippen LogP contribution in [0, 0.1) is 5.92 Å². The Bertz CT molecular complexity index is 621. The van der Waals surface area contributed by atoms with Crippen LogP contribution < -0.4 is 16.1 Å². The van der Waals surface area contributed by atoms with Gasteiger partial charge in [0, 0.05) is 6.54 Å². The predicted molar refractivity (Wildman–Crippen MR) is 111 cm³/mol. The lowest BCUT2D eigenvalue weighted by atomic mass is 9.94. The average molecular weight is 431 g/mol. The predicted octanol–water partition coefficient (Wildman–Crippen LogP) is 0.255. The van der Waals surface area contributed by atoms with Crippen molar-refractivity contribution in [3.63, 3.8) is 0 Å². The highest BCUT2D eigenvalue weighted by Gasteiger charge is 2.41. The van der Waals surface area contributed by atoms with Crippen molar-refractivity contribution in [1.82, 2.24) is 21.1 Å². The topological polar surface area (TPSA) is 129 Å². The molecule has 4 atom stereocenters. The highest BCUT2D eigenvalue weighted by atomic mass is 16.6. The number of hydrogen-bond donors (Lipinski definition) is 4. The summed E-state index contributed by atoms with van der Waals surface area (Å²) in [5.41, 5.74) is 1.33. The van der Waals surface area contributed by atoms with Gasteiger partial charge in [0.05, 0.1) is 18.8 Å². The largest absolute Gasteiger partial charge is 0.468 e. The van der Waals surface area contributed by atoms with Crippen LogP contribution in [-0.2, 0) is 23.9 Å². The molecule has 1 aliphatic rings. The van der Waals surface area contributed by atoms with Crippen molar-refractivity contribution in [3.8, 4) is 0 Å². The lowest BCUT2D eigenvalue weighted by Crippen LogP contribution is -2.65. The van der Waals surface area contributed by atoms with E-state index in [9.17, 15) is 19.5 Å². The summed E-state index contributed by atoms with van der Waals surface area (Å²) in [4.78, 5) is 37.6. The van der Waals surface area contributed by atoms with Crippen molar-refractivity contribution >= 4 is 17.8 Å². The maximum absolute atomic E-state index is 12.8. The summed E-state index contributed by atoms with van der Waals surface area (Å²) in [6, 6.07) is -1.61. The molecule has 0 aliphatic carbocycles. The highest BCUT2D eigenvalue weighted by Crippen LogP contribution is 2.20. The molecule has 0 aromatic rings. The molecule has 1 saturated heterocycles. The van der Waals surface area contributed by atoms with Crippen LogP contribution in [-0.4, -0.2) is 71.2 Å². The number of aliphatic hydroxyl groups is 1. The summed E-state index contributed by atoms with van der Waals surface area (Å²) < 4.78 is 10.2. The number of hydrogen-bond acceptors (Lipinski definition) is 8. The van der Waals surface area contributed by atoms with Crippen LogP contribution in [0.5, 0.6) is 0 Å². The Morgan fingerprint density at radius 3 is 2.30 bits per heavy atom. The number of methoxy groups -OCH3 is 1. The van der Waals surface area contributed by atoms with Gasteiger partial charge < -0.3 is 19.9 Å². The van der Waals surface area contributed by atoms with Crippen LogP contribution in [0.3, 0.4) is 0 Å². The van der Waals surface area contributed by atoms with Crippen LogP contribution in [0.1, 0.15) is 61.3 Å². The van der Waals surface area contributed by atoms with E-state index in [4.69, 9.17) is 9.47 Å². The van der Waals surface area contributed by atoms with Crippen LogP contribution >= 0.6 is 0 Å². The Kier molecular flexibility index (Phi) is 9.22. The molecule has 174 valence electrons. The second kappa shape index (κ2) is 10.5. The van der Waals surface area contributed by atoms with Gasteiger partial charge in [0.1, 0.15) is 11.6 Å². The number of rotatable bonds is 8. The summed E-state index contributed by atoms with van der Waals surface area (Å²) in [6.07, 6.45) is -0.175. The summed E-state index contributed by atoms with van der Waals surface area (Å²) in [6.45, 7) is 12.7. The molecule has 1 heterocycles. The van der Waals surface area contributed by atoms with Crippen molar-refractivity contribution in [2.45, 2.75) is 90.9 Å². The fourth-order valence-corrected chi connectivity index (χ4v) is 3.23. The minimum atomic E-state index is -1.33. The van der Waals surface area contributed by atoms with Gasteiger partial charge in [0.15, 0.2) is 0 Å². The minimum Gasteiger partial charge on any atom is -0.468 e. The first-order chi connectivity index (χ1) is 13.7. The number of esters is 1. The van der Waals surface area contributed by atoms with Gasteiger partial charge in [-0.1, -0.05) is 13.8 Å². The molecule has 0 saturated carbocycles. The molecule has 4 N–H and O–H groups in total. The van der Waals surface area contributed by atoms with E-state index in [0.29, 0.717) is 19.4 Å². The third kappa shape index (κ3) is 7.50. The second-order valence-corrected chi connectivity index (χ2v) is 9.23. The summed E-state index contributed by atoms with van der Waals surface area (Å²) in [7, 11) is 1.30. The van der Waals surface area contributed by atoms with Crippen molar-refractivity contribution in [2.24, 2.45) is 5.92 Å². The van der Waals surface area contributed by atoms with Gasteiger partial charge in [-0.3, -0.25) is 24.7 Å². The minimum absolute atomic E-state index is 0.166. The van der Waals surface area contributed by atoms with E-state index in [1.807, 2.05) is 13.8 Å². The zero-order valence-electron chi connectivity index (χ0n) is 19.4. The maximum Gasteiger partial charge on any atom is 0.327 e. The molecule has 1 fully saturated rings. The summed E-state index contributed by atoms with van der Waals surface area (Å²) in [5.74, 6) is -1.42. The number of carbonyl (C=O) groups is 3. The Morgan fingerprint density at radius 1 is 1.20 bits per heavy atom. The molecule has 0 radical (unpaired) electrons. The molecule has 0 aromatic heterocycles. The Hall–Kier alpha value is -1.75. The number of hydrazine groups is 1. The van der Waals surface area contributed by atoms with Crippen molar-refractivity contribution in [3.05, 3.63) is 0 Å². The van der Waals surface area contributed by atoms with Gasteiger partial charge in [-0.05, 0) is 53.4 Å². The lowest BCUT2D eigenvalue weighted by molar-refractivity contribution is -0.188. The van der Waals surface area contributed by atoms with E-state index < -0.39 is 41.5 Å². The molecular weight excluding hydrogens is 392 g/mol. The van der Waals surface area contributed by atoms with Gasteiger partial charge >= 0.3 is 5.97 Å².